The van der Waals surface area contributed by atoms with Crippen LogP contribution in [0.2, 0.25) is 0 Å². The van der Waals surface area contributed by atoms with Gasteiger partial charge in [-0.2, -0.15) is 0 Å². The molecular weight excluding hydrogens is 318 g/mol. The van der Waals surface area contributed by atoms with Gasteiger partial charge in [0.25, 0.3) is 0 Å². The molecule has 0 fully saturated rings. The number of ether oxygens (including phenoxy) is 1. The lowest BCUT2D eigenvalue weighted by Gasteiger charge is -2.06. The van der Waals surface area contributed by atoms with E-state index in [1.165, 1.54) is 37.6 Å². The van der Waals surface area contributed by atoms with E-state index in [9.17, 15) is 8.42 Å². The summed E-state index contributed by atoms with van der Waals surface area (Å²) in [5.41, 5.74) is 0. The van der Waals surface area contributed by atoms with Crippen molar-refractivity contribution >= 4 is 25.8 Å². The Bertz CT molecular complexity index is 671. The molecule has 0 amide bonds. The van der Waals surface area contributed by atoms with E-state index in [0.29, 0.717) is 10.4 Å². The average Bonchev–Trinajstić information content (AvgIpc) is 2.39. The Labute approximate surface area is 114 Å². The molecule has 18 heavy (non-hydrogen) atoms. The minimum Gasteiger partial charge on any atom is -0.497 e. The van der Waals surface area contributed by atoms with Crippen molar-refractivity contribution < 1.29 is 13.2 Å². The molecule has 0 aliphatic carbocycles. The highest BCUT2D eigenvalue weighted by Crippen LogP contribution is 2.25. The molecule has 1 aromatic heterocycles. The summed E-state index contributed by atoms with van der Waals surface area (Å²) in [6.45, 7) is 0. The topological polar surface area (TPSA) is 56.3 Å². The first kappa shape index (κ1) is 13.0. The summed E-state index contributed by atoms with van der Waals surface area (Å²) in [6.07, 6.45) is 1.44. The summed E-state index contributed by atoms with van der Waals surface area (Å²) in [5.74, 6) is 0.504. The Hall–Kier alpha value is -1.40. The van der Waals surface area contributed by atoms with E-state index >= 15 is 0 Å². The number of hydrogen-bond donors (Lipinski definition) is 0. The van der Waals surface area contributed by atoms with Gasteiger partial charge >= 0.3 is 0 Å². The average molecular weight is 328 g/mol. The van der Waals surface area contributed by atoms with Gasteiger partial charge in [0.05, 0.1) is 16.9 Å². The second kappa shape index (κ2) is 5.07. The third-order valence-electron chi connectivity index (χ3n) is 2.36. The Morgan fingerprint density at radius 3 is 2.56 bits per heavy atom. The minimum atomic E-state index is -3.54. The monoisotopic (exact) mass is 327 g/mol. The summed E-state index contributed by atoms with van der Waals surface area (Å²) in [5, 5.41) is 0. The van der Waals surface area contributed by atoms with E-state index in [2.05, 4.69) is 20.9 Å². The molecule has 0 aliphatic rings. The predicted molar refractivity (Wildman–Crippen MR) is 70.4 cm³/mol. The summed E-state index contributed by atoms with van der Waals surface area (Å²) in [6, 6.07) is 9.29. The van der Waals surface area contributed by atoms with Crippen LogP contribution in [0.4, 0.5) is 0 Å². The minimum absolute atomic E-state index is 0.192. The zero-order valence-corrected chi connectivity index (χ0v) is 11.9. The highest BCUT2D eigenvalue weighted by atomic mass is 79.9. The first-order chi connectivity index (χ1) is 8.54. The number of methoxy groups -OCH3 is 1. The molecule has 0 radical (unpaired) electrons. The van der Waals surface area contributed by atoms with Gasteiger partial charge in [0.1, 0.15) is 10.4 Å². The van der Waals surface area contributed by atoms with E-state index in [-0.39, 0.29) is 9.79 Å². The molecule has 1 aromatic carbocycles. The van der Waals surface area contributed by atoms with E-state index in [1.54, 1.807) is 12.1 Å². The first-order valence-corrected chi connectivity index (χ1v) is 7.32. The van der Waals surface area contributed by atoms with Crippen molar-refractivity contribution in [1.82, 2.24) is 4.98 Å². The van der Waals surface area contributed by atoms with Crippen molar-refractivity contribution in [2.24, 2.45) is 0 Å². The van der Waals surface area contributed by atoms with Crippen LogP contribution < -0.4 is 4.74 Å². The van der Waals surface area contributed by atoms with Gasteiger partial charge in [-0.3, -0.25) is 0 Å². The van der Waals surface area contributed by atoms with E-state index < -0.39 is 9.84 Å². The van der Waals surface area contributed by atoms with Gasteiger partial charge < -0.3 is 4.74 Å². The lowest BCUT2D eigenvalue weighted by atomic mass is 10.3. The van der Waals surface area contributed by atoms with Gasteiger partial charge in [0.2, 0.25) is 9.84 Å². The Morgan fingerprint density at radius 1 is 1.17 bits per heavy atom. The molecule has 0 saturated heterocycles. The molecular formula is C12H10BrNO3S. The number of sulfone groups is 1. The summed E-state index contributed by atoms with van der Waals surface area (Å²) < 4.78 is 30.2. The number of rotatable bonds is 3. The quantitative estimate of drug-likeness (QED) is 0.813. The lowest BCUT2D eigenvalue weighted by Crippen LogP contribution is -2.02. The normalized spacial score (nSPS) is 11.2. The van der Waals surface area contributed by atoms with E-state index in [0.717, 1.165) is 0 Å². The van der Waals surface area contributed by atoms with E-state index in [1.807, 2.05) is 0 Å². The van der Waals surface area contributed by atoms with Crippen molar-refractivity contribution in [3.8, 4) is 5.75 Å². The molecule has 4 nitrogen and oxygen atoms in total. The smallest absolute Gasteiger partial charge is 0.206 e. The molecule has 0 saturated carbocycles. The van der Waals surface area contributed by atoms with Crippen LogP contribution >= 0.6 is 15.9 Å². The fourth-order valence-electron chi connectivity index (χ4n) is 1.46. The SMILES string of the molecule is COc1cccc(S(=O)(=O)c2ccnc(Br)c2)c1. The van der Waals surface area contributed by atoms with Crippen molar-refractivity contribution in [2.45, 2.75) is 9.79 Å². The van der Waals surface area contributed by atoms with Gasteiger partial charge in [0, 0.05) is 6.20 Å². The fourth-order valence-corrected chi connectivity index (χ4v) is 3.28. The standard InChI is InChI=1S/C12H10BrNO3S/c1-17-9-3-2-4-10(7-9)18(15,16)11-5-6-14-12(13)8-11/h2-8H,1H3. The van der Waals surface area contributed by atoms with Crippen LogP contribution in [0.1, 0.15) is 0 Å². The van der Waals surface area contributed by atoms with Crippen LogP contribution in [0.3, 0.4) is 0 Å². The fraction of sp³-hybridized carbons (Fsp3) is 0.0833. The molecule has 6 heteroatoms. The number of halogens is 1. The second-order valence-electron chi connectivity index (χ2n) is 3.50. The number of aromatic nitrogens is 1. The third-order valence-corrected chi connectivity index (χ3v) is 4.54. The van der Waals surface area contributed by atoms with Gasteiger partial charge in [0.15, 0.2) is 0 Å². The maximum absolute atomic E-state index is 12.4. The van der Waals surface area contributed by atoms with Crippen LogP contribution in [-0.2, 0) is 9.84 Å². The highest BCUT2D eigenvalue weighted by molar-refractivity contribution is 9.10. The van der Waals surface area contributed by atoms with Crippen LogP contribution in [-0.4, -0.2) is 20.5 Å². The van der Waals surface area contributed by atoms with Crippen molar-refractivity contribution in [2.75, 3.05) is 7.11 Å². The van der Waals surface area contributed by atoms with E-state index in [4.69, 9.17) is 4.74 Å². The van der Waals surface area contributed by atoms with Gasteiger partial charge in [-0.25, -0.2) is 13.4 Å². The van der Waals surface area contributed by atoms with Crippen molar-refractivity contribution in [3.63, 3.8) is 0 Å². The van der Waals surface area contributed by atoms with Crippen molar-refractivity contribution in [1.29, 1.82) is 0 Å². The number of hydrogen-bond acceptors (Lipinski definition) is 4. The summed E-state index contributed by atoms with van der Waals surface area (Å²) >= 11 is 3.16. The Morgan fingerprint density at radius 2 is 1.89 bits per heavy atom. The first-order valence-electron chi connectivity index (χ1n) is 5.05. The zero-order chi connectivity index (χ0) is 13.2. The molecule has 0 spiro atoms. The van der Waals surface area contributed by atoms with Crippen LogP contribution in [0.25, 0.3) is 0 Å². The lowest BCUT2D eigenvalue weighted by molar-refractivity contribution is 0.413. The van der Waals surface area contributed by atoms with Gasteiger partial charge in [-0.05, 0) is 46.3 Å². The second-order valence-corrected chi connectivity index (χ2v) is 6.26. The van der Waals surface area contributed by atoms with Crippen LogP contribution in [0, 0.1) is 0 Å². The molecule has 0 unspecified atom stereocenters. The van der Waals surface area contributed by atoms with Crippen molar-refractivity contribution in [3.05, 3.63) is 47.2 Å². The number of benzene rings is 1. The third kappa shape index (κ3) is 2.54. The summed E-state index contributed by atoms with van der Waals surface area (Å²) in [4.78, 5) is 4.29. The van der Waals surface area contributed by atoms with Crippen LogP contribution in [0.15, 0.2) is 57.0 Å². The number of nitrogens with zero attached hydrogens (tertiary/aromatic N) is 1. The maximum atomic E-state index is 12.4. The molecule has 2 aromatic rings. The van der Waals surface area contributed by atoms with Gasteiger partial charge in [-0.1, -0.05) is 6.07 Å². The van der Waals surface area contributed by atoms with Gasteiger partial charge in [-0.15, -0.1) is 0 Å². The molecule has 2 rings (SSSR count). The van der Waals surface area contributed by atoms with Crippen LogP contribution in [0.5, 0.6) is 5.75 Å². The summed E-state index contributed by atoms with van der Waals surface area (Å²) in [7, 11) is -2.05. The Balaban J connectivity index is 2.54. The Kier molecular flexibility index (Phi) is 3.68. The molecule has 0 bridgehead atoms. The zero-order valence-electron chi connectivity index (χ0n) is 9.50. The predicted octanol–water partition coefficient (Wildman–Crippen LogP) is 2.69. The number of pyridine rings is 1. The highest BCUT2D eigenvalue weighted by Gasteiger charge is 2.18. The largest absolute Gasteiger partial charge is 0.497 e. The molecule has 94 valence electrons. The molecule has 1 heterocycles. The molecule has 0 N–H and O–H groups in total. The maximum Gasteiger partial charge on any atom is 0.206 e. The molecule has 0 atom stereocenters. The molecule has 0 aliphatic heterocycles.